The highest BCUT2D eigenvalue weighted by Gasteiger charge is 2.34. The monoisotopic (exact) mass is 309 g/mol. The number of nitrogens with one attached hydrogen (secondary N) is 1. The van der Waals surface area contributed by atoms with E-state index in [4.69, 9.17) is 9.47 Å². The summed E-state index contributed by atoms with van der Waals surface area (Å²) in [5, 5.41) is 0. The molecule has 1 aliphatic rings. The highest BCUT2D eigenvalue weighted by Crippen LogP contribution is 2.33. The number of nitrogens with zero attached hydrogens (tertiary/aromatic N) is 2. The molecule has 23 heavy (non-hydrogen) atoms. The highest BCUT2D eigenvalue weighted by atomic mass is 16.6. The normalized spacial score (nSPS) is 19.5. The lowest BCUT2D eigenvalue weighted by Crippen LogP contribution is -2.48. The van der Waals surface area contributed by atoms with E-state index >= 15 is 0 Å². The van der Waals surface area contributed by atoms with Crippen LogP contribution in [0, 0.1) is 0 Å². The molecule has 1 amide bonds. The van der Waals surface area contributed by atoms with Gasteiger partial charge in [-0.05, 0) is 31.2 Å². The lowest BCUT2D eigenvalue weighted by Gasteiger charge is -2.31. The van der Waals surface area contributed by atoms with Crippen molar-refractivity contribution in [2.45, 2.75) is 19.1 Å². The predicted molar refractivity (Wildman–Crippen MR) is 85.0 cm³/mol. The smallest absolute Gasteiger partial charge is 0.283 e. The average molecular weight is 309 g/mol. The lowest BCUT2D eigenvalue weighted by atomic mass is 10.1. The number of benzene rings is 2. The topological polar surface area (TPSA) is 65.4 Å². The molecule has 3 aromatic rings. The van der Waals surface area contributed by atoms with E-state index in [1.165, 1.54) is 0 Å². The van der Waals surface area contributed by atoms with Gasteiger partial charge in [0.05, 0.1) is 11.0 Å². The number of fused-ring (bicyclic) bond motifs is 2. The van der Waals surface area contributed by atoms with E-state index in [1.54, 1.807) is 17.1 Å². The molecule has 2 aromatic carbocycles. The molecule has 2 atom stereocenters. The molecule has 0 spiro atoms. The molecule has 4 rings (SSSR count). The molecule has 2 heterocycles. The second-order valence-corrected chi connectivity index (χ2v) is 5.39. The Hall–Kier alpha value is -3.02. The molecular weight excluding hydrogens is 294 g/mol. The molecule has 0 bridgehead atoms. The van der Waals surface area contributed by atoms with Crippen LogP contribution in [0.5, 0.6) is 11.5 Å². The van der Waals surface area contributed by atoms with Crippen molar-refractivity contribution in [2.24, 2.45) is 0 Å². The predicted octanol–water partition coefficient (Wildman–Crippen LogP) is 2.33. The van der Waals surface area contributed by atoms with Gasteiger partial charge in [0.2, 0.25) is 6.10 Å². The summed E-state index contributed by atoms with van der Waals surface area (Å²) in [5.41, 5.74) is 4.44. The molecule has 0 saturated carbocycles. The van der Waals surface area contributed by atoms with Crippen LogP contribution in [-0.4, -0.2) is 27.8 Å². The van der Waals surface area contributed by atoms with Gasteiger partial charge in [0, 0.05) is 0 Å². The Kier molecular flexibility index (Phi) is 3.15. The SMILES string of the molecule is CC1Oc2ccccc2OC1C(=O)Nn1cnc2ccccc21. The molecular formula is C17H15N3O3. The van der Waals surface area contributed by atoms with Crippen molar-refractivity contribution < 1.29 is 14.3 Å². The molecule has 0 aliphatic carbocycles. The number of amides is 1. The Balaban J connectivity index is 1.58. The van der Waals surface area contributed by atoms with Crippen LogP contribution in [0.2, 0.25) is 0 Å². The first-order chi connectivity index (χ1) is 11.2. The summed E-state index contributed by atoms with van der Waals surface area (Å²) < 4.78 is 13.1. The van der Waals surface area contributed by atoms with E-state index in [-0.39, 0.29) is 12.0 Å². The van der Waals surface area contributed by atoms with E-state index in [1.807, 2.05) is 49.4 Å². The van der Waals surface area contributed by atoms with Crippen molar-refractivity contribution in [3.8, 4) is 11.5 Å². The first kappa shape index (κ1) is 13.6. The van der Waals surface area contributed by atoms with Crippen LogP contribution in [0.15, 0.2) is 54.9 Å². The number of para-hydroxylation sites is 4. The number of carbonyl (C=O) groups is 1. The van der Waals surface area contributed by atoms with E-state index in [0.717, 1.165) is 11.0 Å². The summed E-state index contributed by atoms with van der Waals surface area (Å²) in [4.78, 5) is 16.8. The van der Waals surface area contributed by atoms with Gasteiger partial charge >= 0.3 is 0 Å². The molecule has 116 valence electrons. The van der Waals surface area contributed by atoms with Gasteiger partial charge in [-0.2, -0.15) is 0 Å². The van der Waals surface area contributed by atoms with E-state index in [0.29, 0.717) is 11.5 Å². The van der Waals surface area contributed by atoms with Crippen LogP contribution in [-0.2, 0) is 4.79 Å². The largest absolute Gasteiger partial charge is 0.482 e. The second kappa shape index (κ2) is 5.31. The number of aromatic nitrogens is 2. The minimum Gasteiger partial charge on any atom is -0.482 e. The van der Waals surface area contributed by atoms with Crippen LogP contribution in [0.3, 0.4) is 0 Å². The van der Waals surface area contributed by atoms with Crippen LogP contribution in [0.4, 0.5) is 0 Å². The van der Waals surface area contributed by atoms with Crippen LogP contribution in [0.25, 0.3) is 11.0 Å². The maximum atomic E-state index is 12.6. The van der Waals surface area contributed by atoms with Crippen molar-refractivity contribution >= 4 is 16.9 Å². The van der Waals surface area contributed by atoms with Crippen LogP contribution < -0.4 is 14.9 Å². The zero-order chi connectivity index (χ0) is 15.8. The summed E-state index contributed by atoms with van der Waals surface area (Å²) in [7, 11) is 0. The minimum absolute atomic E-state index is 0.282. The molecule has 1 N–H and O–H groups in total. The minimum atomic E-state index is -0.730. The third-order valence-corrected chi connectivity index (χ3v) is 3.78. The van der Waals surface area contributed by atoms with Gasteiger partial charge < -0.3 is 9.47 Å². The van der Waals surface area contributed by atoms with Crippen molar-refractivity contribution in [3.63, 3.8) is 0 Å². The number of ether oxygens (including phenoxy) is 2. The van der Waals surface area contributed by atoms with Gasteiger partial charge in [0.1, 0.15) is 12.4 Å². The molecule has 6 heteroatoms. The molecule has 2 unspecified atom stereocenters. The Morgan fingerprint density at radius 2 is 1.78 bits per heavy atom. The summed E-state index contributed by atoms with van der Waals surface area (Å²) in [6.07, 6.45) is 0.455. The highest BCUT2D eigenvalue weighted by molar-refractivity contribution is 5.90. The number of rotatable bonds is 2. The third-order valence-electron chi connectivity index (χ3n) is 3.78. The van der Waals surface area contributed by atoms with E-state index in [2.05, 4.69) is 10.4 Å². The molecule has 0 fully saturated rings. The Labute approximate surface area is 132 Å². The van der Waals surface area contributed by atoms with Crippen LogP contribution >= 0.6 is 0 Å². The fraction of sp³-hybridized carbons (Fsp3) is 0.176. The molecule has 0 radical (unpaired) electrons. The van der Waals surface area contributed by atoms with Gasteiger partial charge in [-0.3, -0.25) is 10.2 Å². The maximum absolute atomic E-state index is 12.6. The van der Waals surface area contributed by atoms with Gasteiger partial charge in [0.25, 0.3) is 5.91 Å². The lowest BCUT2D eigenvalue weighted by molar-refractivity contribution is -0.128. The average Bonchev–Trinajstić information content (AvgIpc) is 2.97. The Morgan fingerprint density at radius 1 is 1.09 bits per heavy atom. The molecule has 0 saturated heterocycles. The first-order valence-electron chi connectivity index (χ1n) is 7.38. The van der Waals surface area contributed by atoms with Crippen molar-refractivity contribution in [1.82, 2.24) is 9.66 Å². The molecule has 1 aliphatic heterocycles. The van der Waals surface area contributed by atoms with Gasteiger partial charge in [-0.15, -0.1) is 0 Å². The van der Waals surface area contributed by atoms with Crippen LogP contribution in [0.1, 0.15) is 6.92 Å². The van der Waals surface area contributed by atoms with E-state index < -0.39 is 6.10 Å². The number of carbonyl (C=O) groups excluding carboxylic acids is 1. The second-order valence-electron chi connectivity index (χ2n) is 5.39. The standard InChI is InChI=1S/C17H15N3O3/c1-11-16(23-15-9-5-4-8-14(15)22-11)17(21)19-20-10-18-12-6-2-3-7-13(12)20/h2-11,16H,1H3,(H,19,21). The molecule has 1 aromatic heterocycles. The van der Waals surface area contributed by atoms with E-state index in [9.17, 15) is 4.79 Å². The van der Waals surface area contributed by atoms with Crippen molar-refractivity contribution in [1.29, 1.82) is 0 Å². The van der Waals surface area contributed by atoms with Crippen molar-refractivity contribution in [2.75, 3.05) is 5.43 Å². The Morgan fingerprint density at radius 3 is 2.61 bits per heavy atom. The molecule has 6 nitrogen and oxygen atoms in total. The summed E-state index contributed by atoms with van der Waals surface area (Å²) in [6.45, 7) is 1.81. The Bertz CT molecular complexity index is 874. The first-order valence-corrected chi connectivity index (χ1v) is 7.38. The number of hydrogen-bond donors (Lipinski definition) is 1. The van der Waals surface area contributed by atoms with Crippen molar-refractivity contribution in [3.05, 3.63) is 54.9 Å². The van der Waals surface area contributed by atoms with Gasteiger partial charge in [0.15, 0.2) is 11.5 Å². The van der Waals surface area contributed by atoms with Gasteiger partial charge in [-0.25, -0.2) is 9.66 Å². The third kappa shape index (κ3) is 2.38. The zero-order valence-electron chi connectivity index (χ0n) is 12.5. The summed E-state index contributed by atoms with van der Waals surface area (Å²) >= 11 is 0. The van der Waals surface area contributed by atoms with Gasteiger partial charge in [-0.1, -0.05) is 24.3 Å². The summed E-state index contributed by atoms with van der Waals surface area (Å²) in [6, 6.07) is 14.9. The summed E-state index contributed by atoms with van der Waals surface area (Å²) in [5.74, 6) is 0.938. The number of imidazole rings is 1. The fourth-order valence-corrected chi connectivity index (χ4v) is 2.64. The maximum Gasteiger partial charge on any atom is 0.283 e. The quantitative estimate of drug-likeness (QED) is 0.789. The fourth-order valence-electron chi connectivity index (χ4n) is 2.64. The number of hydrogen-bond acceptors (Lipinski definition) is 4. The zero-order valence-corrected chi connectivity index (χ0v) is 12.5.